The van der Waals surface area contributed by atoms with Crippen LogP contribution < -0.4 is 4.90 Å². The number of carboxylic acid groups (broad SMARTS) is 1. The van der Waals surface area contributed by atoms with E-state index in [1.807, 2.05) is 47.2 Å². The van der Waals surface area contributed by atoms with Crippen molar-refractivity contribution in [2.24, 2.45) is 0 Å². The molecule has 0 amide bonds. The van der Waals surface area contributed by atoms with E-state index in [-0.39, 0.29) is 5.56 Å². The standard InChI is InChI=1S/C18H21N3O3/c1-20-9-10-21(12-14(22)11-20)17-15(18(23)24)7-8-16(19-17)13-5-3-2-4-6-13/h2-8,14,22H,9-12H2,1H3,(H,23,24)/t14-/m0/s1. The van der Waals surface area contributed by atoms with Gasteiger partial charge in [-0.15, -0.1) is 0 Å². The fourth-order valence-electron chi connectivity index (χ4n) is 2.96. The highest BCUT2D eigenvalue weighted by molar-refractivity contribution is 5.94. The lowest BCUT2D eigenvalue weighted by Gasteiger charge is -2.25. The van der Waals surface area contributed by atoms with Crippen LogP contribution in [-0.4, -0.2) is 65.4 Å². The Balaban J connectivity index is 2.02. The fourth-order valence-corrected chi connectivity index (χ4v) is 2.96. The van der Waals surface area contributed by atoms with Crippen molar-refractivity contribution in [1.29, 1.82) is 0 Å². The first-order valence-corrected chi connectivity index (χ1v) is 7.96. The Labute approximate surface area is 141 Å². The van der Waals surface area contributed by atoms with E-state index in [2.05, 4.69) is 4.98 Å². The number of hydrogen-bond acceptors (Lipinski definition) is 5. The predicted octanol–water partition coefficient (Wildman–Crippen LogP) is 1.56. The van der Waals surface area contributed by atoms with E-state index in [0.717, 1.165) is 17.8 Å². The Kier molecular flexibility index (Phi) is 4.78. The van der Waals surface area contributed by atoms with Gasteiger partial charge in [0.15, 0.2) is 0 Å². The molecule has 1 fully saturated rings. The van der Waals surface area contributed by atoms with Gasteiger partial charge in [-0.1, -0.05) is 30.3 Å². The number of anilines is 1. The molecule has 1 saturated heterocycles. The molecule has 0 bridgehead atoms. The van der Waals surface area contributed by atoms with Gasteiger partial charge in [0.05, 0.1) is 11.8 Å². The second-order valence-electron chi connectivity index (χ2n) is 6.10. The average molecular weight is 327 g/mol. The summed E-state index contributed by atoms with van der Waals surface area (Å²) in [6.07, 6.45) is -0.540. The van der Waals surface area contributed by atoms with Crippen LogP contribution in [0, 0.1) is 0 Å². The van der Waals surface area contributed by atoms with Gasteiger partial charge in [0, 0.05) is 31.7 Å². The van der Waals surface area contributed by atoms with Crippen molar-refractivity contribution in [2.75, 3.05) is 38.1 Å². The van der Waals surface area contributed by atoms with Crippen molar-refractivity contribution in [3.8, 4) is 11.3 Å². The molecule has 1 aromatic carbocycles. The van der Waals surface area contributed by atoms with Crippen LogP contribution in [0.2, 0.25) is 0 Å². The highest BCUT2D eigenvalue weighted by Gasteiger charge is 2.24. The third kappa shape index (κ3) is 3.55. The van der Waals surface area contributed by atoms with Crippen LogP contribution in [-0.2, 0) is 0 Å². The summed E-state index contributed by atoms with van der Waals surface area (Å²) in [5, 5.41) is 19.7. The van der Waals surface area contributed by atoms with Gasteiger partial charge in [0.1, 0.15) is 11.4 Å². The lowest BCUT2D eigenvalue weighted by molar-refractivity contribution is 0.0697. The van der Waals surface area contributed by atoms with Crippen molar-refractivity contribution in [1.82, 2.24) is 9.88 Å². The van der Waals surface area contributed by atoms with Gasteiger partial charge in [-0.3, -0.25) is 0 Å². The van der Waals surface area contributed by atoms with Gasteiger partial charge in [-0.05, 0) is 19.2 Å². The summed E-state index contributed by atoms with van der Waals surface area (Å²) in [7, 11) is 1.94. The molecule has 6 nitrogen and oxygen atoms in total. The van der Waals surface area contributed by atoms with Crippen LogP contribution in [0.4, 0.5) is 5.82 Å². The first-order valence-electron chi connectivity index (χ1n) is 7.96. The number of aromatic nitrogens is 1. The number of likely N-dealkylation sites (N-methyl/N-ethyl adjacent to an activating group) is 1. The zero-order chi connectivity index (χ0) is 17.1. The number of rotatable bonds is 3. The monoisotopic (exact) mass is 327 g/mol. The van der Waals surface area contributed by atoms with Gasteiger partial charge in [0.25, 0.3) is 0 Å². The zero-order valence-electron chi connectivity index (χ0n) is 13.6. The molecule has 0 unspecified atom stereocenters. The number of carboxylic acids is 1. The number of β-amino-alcohol motifs (C(OH)–C–C–N with tert-alkyl or cyclic N) is 1. The highest BCUT2D eigenvalue weighted by Crippen LogP contribution is 2.25. The molecule has 0 saturated carbocycles. The molecule has 1 aliphatic rings. The average Bonchev–Trinajstić information content (AvgIpc) is 2.75. The largest absolute Gasteiger partial charge is 0.478 e. The Hall–Kier alpha value is -2.44. The molecular formula is C18H21N3O3. The van der Waals surface area contributed by atoms with E-state index in [1.54, 1.807) is 12.1 Å². The third-order valence-corrected chi connectivity index (χ3v) is 4.18. The molecule has 2 heterocycles. The van der Waals surface area contributed by atoms with Gasteiger partial charge in [-0.2, -0.15) is 0 Å². The number of carbonyl (C=O) groups is 1. The first kappa shape index (κ1) is 16.4. The van der Waals surface area contributed by atoms with Crippen LogP contribution in [0.3, 0.4) is 0 Å². The molecule has 0 spiro atoms. The SMILES string of the molecule is CN1CCN(c2nc(-c3ccccc3)ccc2C(=O)O)C[C@@H](O)C1. The maximum Gasteiger partial charge on any atom is 0.339 e. The van der Waals surface area contributed by atoms with E-state index < -0.39 is 12.1 Å². The number of aromatic carboxylic acids is 1. The molecule has 1 atom stereocenters. The van der Waals surface area contributed by atoms with Gasteiger partial charge < -0.3 is 20.0 Å². The van der Waals surface area contributed by atoms with Crippen LogP contribution in [0.25, 0.3) is 11.3 Å². The molecule has 3 rings (SSSR count). The van der Waals surface area contributed by atoms with E-state index in [1.165, 1.54) is 0 Å². The Bertz CT molecular complexity index is 721. The van der Waals surface area contributed by atoms with Crippen LogP contribution >= 0.6 is 0 Å². The molecule has 24 heavy (non-hydrogen) atoms. The summed E-state index contributed by atoms with van der Waals surface area (Å²) in [5.74, 6) is -0.595. The minimum absolute atomic E-state index is 0.159. The van der Waals surface area contributed by atoms with Gasteiger partial charge in [-0.25, -0.2) is 9.78 Å². The quantitative estimate of drug-likeness (QED) is 0.891. The molecule has 0 aliphatic carbocycles. The molecule has 6 heteroatoms. The predicted molar refractivity (Wildman–Crippen MR) is 92.3 cm³/mol. The fraction of sp³-hybridized carbons (Fsp3) is 0.333. The summed E-state index contributed by atoms with van der Waals surface area (Å²) >= 11 is 0. The summed E-state index contributed by atoms with van der Waals surface area (Å²) in [6, 6.07) is 13.0. The molecule has 1 aromatic heterocycles. The van der Waals surface area contributed by atoms with Crippen molar-refractivity contribution >= 4 is 11.8 Å². The topological polar surface area (TPSA) is 76.9 Å². The number of aliphatic hydroxyl groups is 1. The number of nitrogens with zero attached hydrogens (tertiary/aromatic N) is 3. The van der Waals surface area contributed by atoms with Crippen LogP contribution in [0.1, 0.15) is 10.4 Å². The van der Waals surface area contributed by atoms with Crippen molar-refractivity contribution in [3.05, 3.63) is 48.0 Å². The molecule has 0 radical (unpaired) electrons. The van der Waals surface area contributed by atoms with Gasteiger partial charge in [0.2, 0.25) is 0 Å². The number of pyridine rings is 1. The summed E-state index contributed by atoms with van der Waals surface area (Å²) < 4.78 is 0. The Morgan fingerprint density at radius 3 is 2.58 bits per heavy atom. The Morgan fingerprint density at radius 1 is 1.12 bits per heavy atom. The molecule has 2 aromatic rings. The number of hydrogen-bond donors (Lipinski definition) is 2. The van der Waals surface area contributed by atoms with Crippen molar-refractivity contribution in [3.63, 3.8) is 0 Å². The maximum atomic E-state index is 11.6. The minimum Gasteiger partial charge on any atom is -0.478 e. The van der Waals surface area contributed by atoms with Crippen LogP contribution in [0.5, 0.6) is 0 Å². The van der Waals surface area contributed by atoms with E-state index in [0.29, 0.717) is 25.5 Å². The minimum atomic E-state index is -1.01. The molecular weight excluding hydrogens is 306 g/mol. The van der Waals surface area contributed by atoms with E-state index >= 15 is 0 Å². The van der Waals surface area contributed by atoms with Gasteiger partial charge >= 0.3 is 5.97 Å². The van der Waals surface area contributed by atoms with E-state index in [9.17, 15) is 15.0 Å². The lowest BCUT2D eigenvalue weighted by Crippen LogP contribution is -2.34. The zero-order valence-corrected chi connectivity index (χ0v) is 13.6. The Morgan fingerprint density at radius 2 is 1.88 bits per heavy atom. The summed E-state index contributed by atoms with van der Waals surface area (Å²) in [4.78, 5) is 20.1. The number of benzene rings is 1. The summed E-state index contributed by atoms with van der Waals surface area (Å²) in [5.41, 5.74) is 1.82. The van der Waals surface area contributed by atoms with Crippen molar-refractivity contribution in [2.45, 2.75) is 6.10 Å². The van der Waals surface area contributed by atoms with E-state index in [4.69, 9.17) is 0 Å². The molecule has 2 N–H and O–H groups in total. The maximum absolute atomic E-state index is 11.6. The van der Waals surface area contributed by atoms with Crippen molar-refractivity contribution < 1.29 is 15.0 Å². The highest BCUT2D eigenvalue weighted by atomic mass is 16.4. The molecule has 1 aliphatic heterocycles. The summed E-state index contributed by atoms with van der Waals surface area (Å²) in [6.45, 7) is 2.31. The second kappa shape index (κ2) is 6.98. The molecule has 126 valence electrons. The normalized spacial score (nSPS) is 19.1. The lowest BCUT2D eigenvalue weighted by atomic mass is 10.1. The third-order valence-electron chi connectivity index (χ3n) is 4.18. The van der Waals surface area contributed by atoms with Crippen LogP contribution in [0.15, 0.2) is 42.5 Å². The first-order chi connectivity index (χ1) is 11.5. The smallest absolute Gasteiger partial charge is 0.339 e. The number of aliphatic hydroxyl groups excluding tert-OH is 1. The second-order valence-corrected chi connectivity index (χ2v) is 6.10.